The number of aliphatic imine (C=N–C) groups is 2. The standard InChI is InChI=1S/C9H9N3O2/c13-9(14)8-6-12-4-3-10-2-1-7(12)5-11-8/h1-5,8H,6H2,(H,13,14). The van der Waals surface area contributed by atoms with Gasteiger partial charge in [0.25, 0.3) is 0 Å². The molecule has 0 aromatic rings. The van der Waals surface area contributed by atoms with E-state index in [2.05, 4.69) is 9.98 Å². The average Bonchev–Trinajstić information content (AvgIpc) is 2.41. The van der Waals surface area contributed by atoms with Gasteiger partial charge in [0, 0.05) is 24.8 Å². The molecule has 14 heavy (non-hydrogen) atoms. The minimum atomic E-state index is -0.904. The van der Waals surface area contributed by atoms with Crippen molar-refractivity contribution in [3.8, 4) is 0 Å². The zero-order chi connectivity index (χ0) is 9.97. The number of nitrogens with zero attached hydrogens (tertiary/aromatic N) is 3. The van der Waals surface area contributed by atoms with E-state index in [4.69, 9.17) is 5.11 Å². The molecule has 1 N–H and O–H groups in total. The summed E-state index contributed by atoms with van der Waals surface area (Å²) < 4.78 is 0. The first kappa shape index (κ1) is 8.68. The average molecular weight is 191 g/mol. The monoisotopic (exact) mass is 191 g/mol. The fourth-order valence-electron chi connectivity index (χ4n) is 1.29. The lowest BCUT2D eigenvalue weighted by molar-refractivity contribution is -0.138. The maximum absolute atomic E-state index is 10.7. The van der Waals surface area contributed by atoms with Crippen molar-refractivity contribution < 1.29 is 9.90 Å². The fourth-order valence-corrected chi connectivity index (χ4v) is 1.29. The van der Waals surface area contributed by atoms with E-state index in [0.29, 0.717) is 6.54 Å². The molecule has 2 aliphatic rings. The number of carboxylic acid groups (broad SMARTS) is 1. The van der Waals surface area contributed by atoms with Gasteiger partial charge in [-0.15, -0.1) is 0 Å². The minimum Gasteiger partial charge on any atom is -0.480 e. The van der Waals surface area contributed by atoms with Crippen LogP contribution < -0.4 is 0 Å². The van der Waals surface area contributed by atoms with Crippen molar-refractivity contribution in [1.82, 2.24) is 4.90 Å². The zero-order valence-corrected chi connectivity index (χ0v) is 7.37. The van der Waals surface area contributed by atoms with Gasteiger partial charge in [-0.3, -0.25) is 9.98 Å². The Balaban J connectivity index is 2.25. The van der Waals surface area contributed by atoms with E-state index >= 15 is 0 Å². The van der Waals surface area contributed by atoms with Crippen LogP contribution in [0.1, 0.15) is 0 Å². The van der Waals surface area contributed by atoms with Gasteiger partial charge < -0.3 is 10.0 Å². The smallest absolute Gasteiger partial charge is 0.330 e. The predicted molar refractivity (Wildman–Crippen MR) is 52.3 cm³/mol. The van der Waals surface area contributed by atoms with Crippen molar-refractivity contribution in [3.63, 3.8) is 0 Å². The highest BCUT2D eigenvalue weighted by Crippen LogP contribution is 2.13. The summed E-state index contributed by atoms with van der Waals surface area (Å²) in [4.78, 5) is 20.4. The van der Waals surface area contributed by atoms with E-state index in [1.807, 2.05) is 4.90 Å². The summed E-state index contributed by atoms with van der Waals surface area (Å²) in [5.74, 6) is -0.904. The molecule has 0 aromatic carbocycles. The topological polar surface area (TPSA) is 65.3 Å². The first-order valence-electron chi connectivity index (χ1n) is 4.20. The van der Waals surface area contributed by atoms with Crippen LogP contribution >= 0.6 is 0 Å². The summed E-state index contributed by atoms with van der Waals surface area (Å²) >= 11 is 0. The third-order valence-corrected chi connectivity index (χ3v) is 2.04. The van der Waals surface area contributed by atoms with Gasteiger partial charge in [-0.2, -0.15) is 0 Å². The molecule has 0 radical (unpaired) electrons. The van der Waals surface area contributed by atoms with Crippen molar-refractivity contribution in [2.75, 3.05) is 6.54 Å². The molecule has 0 spiro atoms. The van der Waals surface area contributed by atoms with E-state index in [9.17, 15) is 4.79 Å². The van der Waals surface area contributed by atoms with Gasteiger partial charge >= 0.3 is 5.97 Å². The van der Waals surface area contributed by atoms with Gasteiger partial charge in [-0.05, 0) is 6.08 Å². The molecule has 2 heterocycles. The van der Waals surface area contributed by atoms with Gasteiger partial charge in [-0.25, -0.2) is 4.79 Å². The van der Waals surface area contributed by atoms with Crippen LogP contribution in [0.4, 0.5) is 0 Å². The quantitative estimate of drug-likeness (QED) is 0.646. The molecule has 0 fully saturated rings. The Morgan fingerprint density at radius 1 is 1.64 bits per heavy atom. The van der Waals surface area contributed by atoms with Gasteiger partial charge in [-0.1, -0.05) is 0 Å². The second kappa shape index (κ2) is 3.45. The SMILES string of the molecule is O=C(O)C1CN2C=CN=CC=C2C=N1. The summed E-state index contributed by atoms with van der Waals surface area (Å²) in [5.41, 5.74) is 0.861. The number of hydrogen-bond donors (Lipinski definition) is 1. The number of hydrogen-bond acceptors (Lipinski definition) is 4. The summed E-state index contributed by atoms with van der Waals surface area (Å²) in [7, 11) is 0. The number of allylic oxidation sites excluding steroid dienone is 2. The molecule has 2 aliphatic heterocycles. The molecule has 2 rings (SSSR count). The molecule has 72 valence electrons. The van der Waals surface area contributed by atoms with Crippen LogP contribution in [0.5, 0.6) is 0 Å². The molecule has 1 atom stereocenters. The first-order chi connectivity index (χ1) is 6.77. The molecule has 0 saturated heterocycles. The highest BCUT2D eigenvalue weighted by atomic mass is 16.4. The highest BCUT2D eigenvalue weighted by molar-refractivity contribution is 5.89. The van der Waals surface area contributed by atoms with Crippen LogP contribution in [0, 0.1) is 0 Å². The molecule has 5 heteroatoms. The van der Waals surface area contributed by atoms with E-state index in [1.54, 1.807) is 30.9 Å². The van der Waals surface area contributed by atoms with Crippen LogP contribution in [-0.2, 0) is 4.79 Å². The fraction of sp³-hybridized carbons (Fsp3) is 0.222. The highest BCUT2D eigenvalue weighted by Gasteiger charge is 2.23. The normalized spacial score (nSPS) is 24.1. The second-order valence-corrected chi connectivity index (χ2v) is 2.97. The molecule has 1 unspecified atom stereocenters. The summed E-state index contributed by atoms with van der Waals surface area (Å²) in [6, 6.07) is -0.685. The summed E-state index contributed by atoms with van der Waals surface area (Å²) in [6.07, 6.45) is 8.38. The van der Waals surface area contributed by atoms with Crippen LogP contribution in [0.25, 0.3) is 0 Å². The molecule has 0 amide bonds. The zero-order valence-electron chi connectivity index (χ0n) is 7.37. The summed E-state index contributed by atoms with van der Waals surface area (Å²) in [5, 5.41) is 8.78. The Morgan fingerprint density at radius 3 is 3.29 bits per heavy atom. The first-order valence-corrected chi connectivity index (χ1v) is 4.20. The Kier molecular flexibility index (Phi) is 2.14. The molecular formula is C9H9N3O2. The Labute approximate surface area is 80.8 Å². The van der Waals surface area contributed by atoms with E-state index in [1.165, 1.54) is 0 Å². The third kappa shape index (κ3) is 1.56. The maximum Gasteiger partial charge on any atom is 0.330 e. The lowest BCUT2D eigenvalue weighted by atomic mass is 10.2. The van der Waals surface area contributed by atoms with Crippen molar-refractivity contribution in [2.45, 2.75) is 6.04 Å². The van der Waals surface area contributed by atoms with Crippen molar-refractivity contribution in [2.24, 2.45) is 9.98 Å². The lowest BCUT2D eigenvalue weighted by Crippen LogP contribution is -2.36. The van der Waals surface area contributed by atoms with Crippen LogP contribution in [0.2, 0.25) is 0 Å². The number of aliphatic carboxylic acids is 1. The van der Waals surface area contributed by atoms with Crippen molar-refractivity contribution in [3.05, 3.63) is 24.2 Å². The molecule has 0 saturated carbocycles. The van der Waals surface area contributed by atoms with Crippen LogP contribution in [-0.4, -0.2) is 41.0 Å². The van der Waals surface area contributed by atoms with Crippen molar-refractivity contribution in [1.29, 1.82) is 0 Å². The Bertz CT molecular complexity index is 368. The third-order valence-electron chi connectivity index (χ3n) is 2.04. The molecule has 5 nitrogen and oxygen atoms in total. The van der Waals surface area contributed by atoms with Crippen LogP contribution in [0.15, 0.2) is 34.2 Å². The van der Waals surface area contributed by atoms with Gasteiger partial charge in [0.05, 0.1) is 12.2 Å². The molecular weight excluding hydrogens is 182 g/mol. The van der Waals surface area contributed by atoms with Gasteiger partial charge in [0.15, 0.2) is 6.04 Å². The molecule has 0 aromatic heterocycles. The maximum atomic E-state index is 10.7. The second-order valence-electron chi connectivity index (χ2n) is 2.97. The van der Waals surface area contributed by atoms with E-state index in [0.717, 1.165) is 5.70 Å². The molecule has 0 aliphatic carbocycles. The Morgan fingerprint density at radius 2 is 2.50 bits per heavy atom. The lowest BCUT2D eigenvalue weighted by Gasteiger charge is -2.26. The van der Waals surface area contributed by atoms with Gasteiger partial charge in [0.2, 0.25) is 0 Å². The number of carbonyl (C=O) groups is 1. The predicted octanol–water partition coefficient (Wildman–Crippen LogP) is 0.266. The number of fused-ring (bicyclic) bond motifs is 1. The Hall–Kier alpha value is -1.91. The number of rotatable bonds is 1. The van der Waals surface area contributed by atoms with E-state index < -0.39 is 12.0 Å². The van der Waals surface area contributed by atoms with Crippen molar-refractivity contribution >= 4 is 18.4 Å². The van der Waals surface area contributed by atoms with E-state index in [-0.39, 0.29) is 0 Å². The largest absolute Gasteiger partial charge is 0.480 e. The van der Waals surface area contributed by atoms with Crippen LogP contribution in [0.3, 0.4) is 0 Å². The summed E-state index contributed by atoms with van der Waals surface area (Å²) in [6.45, 7) is 0.359. The minimum absolute atomic E-state index is 0.359. The molecule has 0 bridgehead atoms. The van der Waals surface area contributed by atoms with Gasteiger partial charge in [0.1, 0.15) is 0 Å². The number of carboxylic acids is 1.